The first-order valence-corrected chi connectivity index (χ1v) is 6.32. The van der Waals surface area contributed by atoms with Crippen LogP contribution >= 0.6 is 0 Å². The highest BCUT2D eigenvalue weighted by Gasteiger charge is 2.25. The Bertz CT molecular complexity index is 706. The van der Waals surface area contributed by atoms with E-state index in [4.69, 9.17) is 4.74 Å². The summed E-state index contributed by atoms with van der Waals surface area (Å²) in [6.45, 7) is 1.95. The number of rotatable bonds is 2. The molecule has 0 spiro atoms. The van der Waals surface area contributed by atoms with E-state index in [2.05, 4.69) is 10.3 Å². The van der Waals surface area contributed by atoms with Gasteiger partial charge in [0.15, 0.2) is 0 Å². The molecule has 0 aliphatic carbocycles. The first kappa shape index (κ1) is 12.4. The third-order valence-corrected chi connectivity index (χ3v) is 3.30. The quantitative estimate of drug-likeness (QED) is 0.850. The molecular weight excluding hydrogens is 252 g/mol. The molecule has 2 heterocycles. The molecule has 1 N–H and O–H groups in total. The minimum Gasteiger partial charge on any atom is -0.496 e. The fraction of sp³-hybridized carbons (Fsp3) is 0.125. The number of carbonyl (C=O) groups excluding carboxylic acids is 1. The average molecular weight is 266 g/mol. The number of nitrogens with zero attached hydrogens (tertiary/aromatic N) is 1. The molecule has 0 atom stereocenters. The fourth-order valence-corrected chi connectivity index (χ4v) is 2.30. The van der Waals surface area contributed by atoms with Gasteiger partial charge in [-0.2, -0.15) is 0 Å². The third kappa shape index (κ3) is 2.05. The Balaban J connectivity index is 2.12. The average Bonchev–Trinajstić information content (AvgIpc) is 2.74. The maximum atomic E-state index is 12.1. The number of carbonyl (C=O) groups is 1. The Morgan fingerprint density at radius 2 is 2.15 bits per heavy atom. The molecule has 1 aliphatic heterocycles. The highest BCUT2D eigenvalue weighted by Crippen LogP contribution is 2.37. The number of fused-ring (bicyclic) bond motifs is 1. The van der Waals surface area contributed by atoms with Crippen LogP contribution in [0.25, 0.3) is 11.6 Å². The second-order valence-electron chi connectivity index (χ2n) is 4.63. The van der Waals surface area contributed by atoms with E-state index in [-0.39, 0.29) is 5.91 Å². The molecule has 0 saturated carbocycles. The van der Waals surface area contributed by atoms with E-state index in [1.807, 2.05) is 37.3 Å². The van der Waals surface area contributed by atoms with Gasteiger partial charge in [-0.15, -0.1) is 0 Å². The summed E-state index contributed by atoms with van der Waals surface area (Å²) in [6, 6.07) is 9.41. The number of hydrogen-bond acceptors (Lipinski definition) is 3. The van der Waals surface area contributed by atoms with Gasteiger partial charge in [0.1, 0.15) is 5.75 Å². The number of ether oxygens (including phenoxy) is 1. The first-order valence-electron chi connectivity index (χ1n) is 6.32. The summed E-state index contributed by atoms with van der Waals surface area (Å²) in [5, 5.41) is 2.87. The van der Waals surface area contributed by atoms with Gasteiger partial charge in [-0.05, 0) is 42.8 Å². The molecule has 0 bridgehead atoms. The fourth-order valence-electron chi connectivity index (χ4n) is 2.30. The van der Waals surface area contributed by atoms with E-state index in [1.54, 1.807) is 19.4 Å². The lowest BCUT2D eigenvalue weighted by atomic mass is 10.0. The van der Waals surface area contributed by atoms with Crippen LogP contribution in [-0.4, -0.2) is 18.0 Å². The molecule has 4 heteroatoms. The minimum absolute atomic E-state index is 0.113. The number of pyridine rings is 1. The van der Waals surface area contributed by atoms with Gasteiger partial charge in [0, 0.05) is 17.4 Å². The Kier molecular flexibility index (Phi) is 2.99. The van der Waals surface area contributed by atoms with E-state index in [0.717, 1.165) is 28.3 Å². The summed E-state index contributed by atoms with van der Waals surface area (Å²) >= 11 is 0. The number of methoxy groups -OCH3 is 1. The second kappa shape index (κ2) is 4.81. The van der Waals surface area contributed by atoms with Crippen molar-refractivity contribution in [2.45, 2.75) is 6.92 Å². The molecule has 2 aromatic rings. The monoisotopic (exact) mass is 266 g/mol. The van der Waals surface area contributed by atoms with Gasteiger partial charge in [-0.3, -0.25) is 9.78 Å². The zero-order valence-corrected chi connectivity index (χ0v) is 11.3. The number of nitrogens with one attached hydrogen (secondary N) is 1. The van der Waals surface area contributed by atoms with Gasteiger partial charge >= 0.3 is 0 Å². The van der Waals surface area contributed by atoms with E-state index >= 15 is 0 Å². The highest BCUT2D eigenvalue weighted by atomic mass is 16.5. The number of aromatic nitrogens is 1. The first-order chi connectivity index (χ1) is 9.69. The number of aryl methyl sites for hydroxylation is 1. The van der Waals surface area contributed by atoms with Gasteiger partial charge in [0.25, 0.3) is 5.91 Å². The van der Waals surface area contributed by atoms with Crippen LogP contribution in [0.3, 0.4) is 0 Å². The largest absolute Gasteiger partial charge is 0.496 e. The minimum atomic E-state index is -0.113. The lowest BCUT2D eigenvalue weighted by molar-refractivity contribution is -0.110. The number of hydrogen-bond donors (Lipinski definition) is 1. The molecular formula is C16H14N2O2. The molecule has 1 aromatic carbocycles. The van der Waals surface area contributed by atoms with E-state index in [9.17, 15) is 4.79 Å². The molecule has 1 amide bonds. The van der Waals surface area contributed by atoms with Gasteiger partial charge in [0.2, 0.25) is 0 Å². The summed E-state index contributed by atoms with van der Waals surface area (Å²) in [5.74, 6) is 0.658. The van der Waals surface area contributed by atoms with Crippen molar-refractivity contribution in [3.8, 4) is 5.75 Å². The van der Waals surface area contributed by atoms with Crippen LogP contribution in [0.5, 0.6) is 5.75 Å². The summed E-state index contributed by atoms with van der Waals surface area (Å²) in [7, 11) is 1.63. The normalized spacial score (nSPS) is 15.1. The lowest BCUT2D eigenvalue weighted by Crippen LogP contribution is -2.03. The smallest absolute Gasteiger partial charge is 0.256 e. The van der Waals surface area contributed by atoms with E-state index in [0.29, 0.717) is 5.57 Å². The Morgan fingerprint density at radius 3 is 2.85 bits per heavy atom. The topological polar surface area (TPSA) is 51.2 Å². The van der Waals surface area contributed by atoms with Crippen LogP contribution in [0.1, 0.15) is 16.8 Å². The van der Waals surface area contributed by atoms with E-state index < -0.39 is 0 Å². The maximum absolute atomic E-state index is 12.1. The zero-order chi connectivity index (χ0) is 14.1. The van der Waals surface area contributed by atoms with Gasteiger partial charge in [-0.1, -0.05) is 6.07 Å². The molecule has 20 heavy (non-hydrogen) atoms. The number of anilines is 1. The van der Waals surface area contributed by atoms with Crippen LogP contribution < -0.4 is 10.1 Å². The maximum Gasteiger partial charge on any atom is 0.256 e. The number of benzene rings is 1. The molecule has 0 unspecified atom stereocenters. The molecule has 1 aliphatic rings. The molecule has 0 fully saturated rings. The SMILES string of the molecule is COc1cc2c(cc1C)NC(=O)/C2=C/c1ccccn1. The standard InChI is InChI=1S/C16H14N2O2/c1-10-7-14-12(9-15(10)20-2)13(16(19)18-14)8-11-5-3-4-6-17-11/h3-9H,1-2H3,(H,18,19)/b13-8+. The van der Waals surface area contributed by atoms with Crippen LogP contribution in [0.2, 0.25) is 0 Å². The molecule has 4 nitrogen and oxygen atoms in total. The molecule has 100 valence electrons. The van der Waals surface area contributed by atoms with Gasteiger partial charge in [0.05, 0.1) is 18.4 Å². The van der Waals surface area contributed by atoms with E-state index in [1.165, 1.54) is 0 Å². The van der Waals surface area contributed by atoms with Crippen LogP contribution in [0.15, 0.2) is 36.5 Å². The second-order valence-corrected chi connectivity index (χ2v) is 4.63. The number of amides is 1. The van der Waals surface area contributed by atoms with Crippen molar-refractivity contribution in [2.75, 3.05) is 12.4 Å². The van der Waals surface area contributed by atoms with Crippen LogP contribution in [-0.2, 0) is 4.79 Å². The van der Waals surface area contributed by atoms with Gasteiger partial charge in [-0.25, -0.2) is 0 Å². The van der Waals surface area contributed by atoms with Crippen molar-refractivity contribution in [3.05, 3.63) is 53.3 Å². The molecule has 3 rings (SSSR count). The van der Waals surface area contributed by atoms with Crippen molar-refractivity contribution in [1.29, 1.82) is 0 Å². The van der Waals surface area contributed by atoms with Gasteiger partial charge < -0.3 is 10.1 Å². The zero-order valence-electron chi connectivity index (χ0n) is 11.3. The Hall–Kier alpha value is -2.62. The third-order valence-electron chi connectivity index (χ3n) is 3.30. The molecule has 1 aromatic heterocycles. The Morgan fingerprint density at radius 1 is 1.30 bits per heavy atom. The van der Waals surface area contributed by atoms with Crippen molar-refractivity contribution in [2.24, 2.45) is 0 Å². The van der Waals surface area contributed by atoms with Crippen LogP contribution in [0.4, 0.5) is 5.69 Å². The van der Waals surface area contributed by atoms with Crippen LogP contribution in [0, 0.1) is 6.92 Å². The summed E-state index contributed by atoms with van der Waals surface area (Å²) in [6.07, 6.45) is 3.49. The summed E-state index contributed by atoms with van der Waals surface area (Å²) in [4.78, 5) is 16.3. The highest BCUT2D eigenvalue weighted by molar-refractivity contribution is 6.35. The summed E-state index contributed by atoms with van der Waals surface area (Å²) < 4.78 is 5.32. The van der Waals surface area contributed by atoms with Crippen molar-refractivity contribution in [3.63, 3.8) is 0 Å². The molecule has 0 saturated heterocycles. The Labute approximate surface area is 117 Å². The predicted octanol–water partition coefficient (Wildman–Crippen LogP) is 2.89. The van der Waals surface area contributed by atoms with Crippen molar-refractivity contribution < 1.29 is 9.53 Å². The molecule has 0 radical (unpaired) electrons. The van der Waals surface area contributed by atoms with Crippen molar-refractivity contribution >= 4 is 23.2 Å². The summed E-state index contributed by atoms with van der Waals surface area (Å²) in [5.41, 5.74) is 4.02. The predicted molar refractivity (Wildman–Crippen MR) is 78.5 cm³/mol. The van der Waals surface area contributed by atoms with Crippen molar-refractivity contribution in [1.82, 2.24) is 4.98 Å². The lowest BCUT2D eigenvalue weighted by Gasteiger charge is -2.07.